The van der Waals surface area contributed by atoms with E-state index in [9.17, 15) is 18.0 Å². The average molecular weight is 560 g/mol. The van der Waals surface area contributed by atoms with Crippen LogP contribution in [0.3, 0.4) is 0 Å². The Hall–Kier alpha value is -3.25. The first kappa shape index (κ1) is 26.4. The fourth-order valence-corrected chi connectivity index (χ4v) is 8.49. The molecule has 2 aromatic carbocycles. The van der Waals surface area contributed by atoms with Crippen LogP contribution in [0.1, 0.15) is 26.3 Å². The Bertz CT molecular complexity index is 1370. The van der Waals surface area contributed by atoms with Crippen molar-refractivity contribution in [1.82, 2.24) is 5.32 Å². The van der Waals surface area contributed by atoms with Crippen molar-refractivity contribution in [3.8, 4) is 11.5 Å². The van der Waals surface area contributed by atoms with Gasteiger partial charge in [0.15, 0.2) is 26.5 Å². The standard InChI is InChI=1S/C26H29N3O7S2/c1-26(2,3)36-25(31)27-18(11-16-7-5-4-6-8-16)23(30)28-24-29(19-13-38(32,33)14-22(19)37-24)17-9-10-20-21(12-17)35-15-34-20/h4-10,12,18-19,22H,11,13-15H2,1-3H3,(H,27,31). The van der Waals surface area contributed by atoms with Gasteiger partial charge in [-0.25, -0.2) is 13.2 Å². The van der Waals surface area contributed by atoms with E-state index in [1.165, 1.54) is 11.8 Å². The predicted molar refractivity (Wildman–Crippen MR) is 145 cm³/mol. The van der Waals surface area contributed by atoms with Gasteiger partial charge in [-0.1, -0.05) is 42.1 Å². The number of carbonyl (C=O) groups excluding carboxylic acids is 2. The molecular weight excluding hydrogens is 530 g/mol. The van der Waals surface area contributed by atoms with Gasteiger partial charge in [-0.15, -0.1) is 0 Å². The zero-order valence-corrected chi connectivity index (χ0v) is 22.9. The third-order valence-electron chi connectivity index (χ3n) is 6.18. The van der Waals surface area contributed by atoms with Gasteiger partial charge in [0, 0.05) is 23.4 Å². The molecule has 3 heterocycles. The molecule has 0 saturated carbocycles. The summed E-state index contributed by atoms with van der Waals surface area (Å²) in [7, 11) is -3.23. The molecule has 12 heteroatoms. The van der Waals surface area contributed by atoms with E-state index >= 15 is 0 Å². The summed E-state index contributed by atoms with van der Waals surface area (Å²) in [5.74, 6) is 0.526. The molecule has 38 heavy (non-hydrogen) atoms. The van der Waals surface area contributed by atoms with E-state index in [2.05, 4.69) is 10.3 Å². The second-order valence-corrected chi connectivity index (χ2v) is 13.7. The van der Waals surface area contributed by atoms with E-state index in [0.717, 1.165) is 5.56 Å². The number of hydrogen-bond acceptors (Lipinski definition) is 8. The van der Waals surface area contributed by atoms with Crippen molar-refractivity contribution in [3.63, 3.8) is 0 Å². The summed E-state index contributed by atoms with van der Waals surface area (Å²) in [5.41, 5.74) is 0.755. The summed E-state index contributed by atoms with van der Waals surface area (Å²) in [6, 6.07) is 13.2. The highest BCUT2D eigenvalue weighted by Crippen LogP contribution is 2.44. The number of nitrogens with one attached hydrogen (secondary N) is 1. The van der Waals surface area contributed by atoms with Gasteiger partial charge < -0.3 is 24.4 Å². The number of aliphatic imine (C=N–C) groups is 1. The number of ether oxygens (including phenoxy) is 3. The molecule has 0 radical (unpaired) electrons. The Morgan fingerprint density at radius 3 is 2.61 bits per heavy atom. The highest BCUT2D eigenvalue weighted by atomic mass is 32.2. The van der Waals surface area contributed by atoms with E-state index in [1.807, 2.05) is 30.3 Å². The summed E-state index contributed by atoms with van der Waals surface area (Å²) < 4.78 is 41.2. The van der Waals surface area contributed by atoms with E-state index in [4.69, 9.17) is 14.2 Å². The molecular formula is C26H29N3O7S2. The van der Waals surface area contributed by atoms with Gasteiger partial charge in [-0.3, -0.25) is 4.79 Å². The third kappa shape index (κ3) is 5.91. The minimum absolute atomic E-state index is 0.000197. The molecule has 0 aliphatic carbocycles. The lowest BCUT2D eigenvalue weighted by molar-refractivity contribution is -0.119. The minimum atomic E-state index is -3.23. The number of amides is 2. The summed E-state index contributed by atoms with van der Waals surface area (Å²) >= 11 is 1.26. The first-order valence-electron chi connectivity index (χ1n) is 12.2. The second kappa shape index (κ2) is 10.1. The maximum Gasteiger partial charge on any atom is 0.408 e. The van der Waals surface area contributed by atoms with E-state index < -0.39 is 33.5 Å². The number of sulfone groups is 1. The minimum Gasteiger partial charge on any atom is -0.454 e. The molecule has 0 bridgehead atoms. The Morgan fingerprint density at radius 2 is 1.87 bits per heavy atom. The smallest absolute Gasteiger partial charge is 0.408 e. The summed E-state index contributed by atoms with van der Waals surface area (Å²) in [6.07, 6.45) is -0.507. The monoisotopic (exact) mass is 559 g/mol. The van der Waals surface area contributed by atoms with Crippen molar-refractivity contribution in [2.24, 2.45) is 4.99 Å². The van der Waals surface area contributed by atoms with Crippen LogP contribution in [-0.2, 0) is 25.8 Å². The number of hydrogen-bond donors (Lipinski definition) is 1. The summed E-state index contributed by atoms with van der Waals surface area (Å²) in [5, 5.41) is 2.77. The van der Waals surface area contributed by atoms with Crippen LogP contribution in [0.4, 0.5) is 10.5 Å². The van der Waals surface area contributed by atoms with Crippen LogP contribution in [0.2, 0.25) is 0 Å². The molecule has 3 unspecified atom stereocenters. The molecule has 2 saturated heterocycles. The van der Waals surface area contributed by atoms with Gasteiger partial charge in [0.1, 0.15) is 11.6 Å². The molecule has 3 aliphatic heterocycles. The van der Waals surface area contributed by atoms with Crippen LogP contribution < -0.4 is 19.7 Å². The molecule has 0 spiro atoms. The fraction of sp³-hybridized carbons (Fsp3) is 0.423. The molecule has 10 nitrogen and oxygen atoms in total. The van der Waals surface area contributed by atoms with Gasteiger partial charge in [0.2, 0.25) is 6.79 Å². The lowest BCUT2D eigenvalue weighted by Gasteiger charge is -2.25. The molecule has 2 fully saturated rings. The molecule has 1 N–H and O–H groups in total. The van der Waals surface area contributed by atoms with Crippen molar-refractivity contribution >= 4 is 44.5 Å². The van der Waals surface area contributed by atoms with Gasteiger partial charge in [0.05, 0.1) is 17.5 Å². The van der Waals surface area contributed by atoms with Crippen molar-refractivity contribution in [2.75, 3.05) is 23.2 Å². The summed E-state index contributed by atoms with van der Waals surface area (Å²) in [4.78, 5) is 32.4. The molecule has 0 aromatic heterocycles. The molecule has 3 aliphatic rings. The van der Waals surface area contributed by atoms with E-state index in [-0.39, 0.29) is 36.0 Å². The Balaban J connectivity index is 1.46. The number of thioether (sulfide) groups is 1. The van der Waals surface area contributed by atoms with Crippen LogP contribution >= 0.6 is 11.8 Å². The first-order valence-corrected chi connectivity index (χ1v) is 14.9. The fourth-order valence-electron chi connectivity index (χ4n) is 4.57. The molecule has 202 valence electrons. The lowest BCUT2D eigenvalue weighted by atomic mass is 10.1. The van der Waals surface area contributed by atoms with Crippen LogP contribution in [0.5, 0.6) is 11.5 Å². The first-order chi connectivity index (χ1) is 18.0. The predicted octanol–water partition coefficient (Wildman–Crippen LogP) is 3.15. The van der Waals surface area contributed by atoms with Crippen LogP contribution in [0.25, 0.3) is 0 Å². The number of amidine groups is 1. The van der Waals surface area contributed by atoms with Gasteiger partial charge >= 0.3 is 6.09 Å². The number of anilines is 1. The van der Waals surface area contributed by atoms with E-state index in [0.29, 0.717) is 22.4 Å². The quantitative estimate of drug-likeness (QED) is 0.588. The van der Waals surface area contributed by atoms with Crippen molar-refractivity contribution in [1.29, 1.82) is 0 Å². The molecule has 2 aromatic rings. The average Bonchev–Trinajstić information content (AvgIpc) is 3.49. The Kier molecular flexibility index (Phi) is 7.03. The van der Waals surface area contributed by atoms with E-state index in [1.54, 1.807) is 43.9 Å². The SMILES string of the molecule is CC(C)(C)OC(=O)NC(Cc1ccccc1)C(=O)N=C1SC2CS(=O)(=O)CC2N1c1ccc2c(c1)OCO2. The summed E-state index contributed by atoms with van der Waals surface area (Å²) in [6.45, 7) is 5.33. The van der Waals surface area contributed by atoms with Gasteiger partial charge in [0.25, 0.3) is 5.91 Å². The number of fused-ring (bicyclic) bond motifs is 2. The molecule has 2 amide bonds. The van der Waals surface area contributed by atoms with Crippen LogP contribution in [0, 0.1) is 0 Å². The highest BCUT2D eigenvalue weighted by Gasteiger charge is 2.49. The Morgan fingerprint density at radius 1 is 1.13 bits per heavy atom. The number of rotatable bonds is 5. The maximum absolute atomic E-state index is 13.6. The Labute approximate surface area is 225 Å². The zero-order valence-electron chi connectivity index (χ0n) is 21.2. The van der Waals surface area contributed by atoms with Crippen molar-refractivity contribution in [3.05, 3.63) is 54.1 Å². The molecule has 5 rings (SSSR count). The second-order valence-electron chi connectivity index (χ2n) is 10.3. The third-order valence-corrected chi connectivity index (χ3v) is 9.39. The van der Waals surface area contributed by atoms with Crippen LogP contribution in [0.15, 0.2) is 53.5 Å². The largest absolute Gasteiger partial charge is 0.454 e. The number of benzene rings is 2. The number of nitrogens with zero attached hydrogens (tertiary/aromatic N) is 2. The number of alkyl carbamates (subject to hydrolysis) is 1. The zero-order chi connectivity index (χ0) is 27.1. The van der Waals surface area contributed by atoms with Gasteiger partial charge in [-0.05, 0) is 38.5 Å². The highest BCUT2D eigenvalue weighted by molar-refractivity contribution is 8.16. The normalized spacial score (nSPS) is 23.2. The van der Waals surface area contributed by atoms with Crippen molar-refractivity contribution in [2.45, 2.75) is 50.1 Å². The lowest BCUT2D eigenvalue weighted by Crippen LogP contribution is -2.45. The topological polar surface area (TPSA) is 124 Å². The van der Waals surface area contributed by atoms with Crippen molar-refractivity contribution < 1.29 is 32.2 Å². The van der Waals surface area contributed by atoms with Crippen LogP contribution in [-0.4, -0.2) is 66.8 Å². The molecule has 3 atom stereocenters. The maximum atomic E-state index is 13.6. The number of carbonyl (C=O) groups is 2. The van der Waals surface area contributed by atoms with Gasteiger partial charge in [-0.2, -0.15) is 4.99 Å².